The van der Waals surface area contributed by atoms with E-state index < -0.39 is 0 Å². The molecule has 1 rings (SSSR count). The number of halogens is 1. The van der Waals surface area contributed by atoms with Crippen LogP contribution in [0, 0.1) is 0 Å². The Morgan fingerprint density at radius 3 is 2.35 bits per heavy atom. The highest BCUT2D eigenvalue weighted by atomic mass is 127. The molecule has 0 atom stereocenters. The highest BCUT2D eigenvalue weighted by molar-refractivity contribution is 14.0. The Morgan fingerprint density at radius 1 is 1.15 bits per heavy atom. The minimum Gasteiger partial charge on any atom is -0.356 e. The molecule has 0 heterocycles. The van der Waals surface area contributed by atoms with Crippen LogP contribution in [-0.4, -0.2) is 75.5 Å². The van der Waals surface area contributed by atoms with E-state index in [0.29, 0.717) is 0 Å². The monoisotopic (exact) mass is 475 g/mol. The largest absolute Gasteiger partial charge is 0.356 e. The smallest absolute Gasteiger partial charge is 0.253 e. The molecule has 0 radical (unpaired) electrons. The van der Waals surface area contributed by atoms with Gasteiger partial charge in [0, 0.05) is 45.3 Å². The van der Waals surface area contributed by atoms with Crippen molar-refractivity contribution >= 4 is 35.8 Å². The zero-order valence-corrected chi connectivity index (χ0v) is 19.4. The molecular weight excluding hydrogens is 441 g/mol. The fourth-order valence-electron chi connectivity index (χ4n) is 2.12. The maximum atomic E-state index is 12.0. The summed E-state index contributed by atoms with van der Waals surface area (Å²) in [5.74, 6) is 0.814. The van der Waals surface area contributed by atoms with Crippen molar-refractivity contribution in [2.24, 2.45) is 4.99 Å². The molecule has 26 heavy (non-hydrogen) atoms. The minimum absolute atomic E-state index is 0. The van der Waals surface area contributed by atoms with Crippen LogP contribution in [0.5, 0.6) is 0 Å². The van der Waals surface area contributed by atoms with E-state index in [9.17, 15) is 4.79 Å². The summed E-state index contributed by atoms with van der Waals surface area (Å²) in [6.45, 7) is 5.91. The average Bonchev–Trinajstić information content (AvgIpc) is 2.57. The molecule has 0 aromatic heterocycles. The molecule has 0 bridgehead atoms. The highest BCUT2D eigenvalue weighted by Gasteiger charge is 2.20. The second kappa shape index (κ2) is 11.4. The molecule has 0 unspecified atom stereocenters. The van der Waals surface area contributed by atoms with Gasteiger partial charge in [-0.1, -0.05) is 12.1 Å². The lowest BCUT2D eigenvalue weighted by molar-refractivity contribution is 0.0827. The molecule has 7 heteroatoms. The number of nitrogens with one attached hydrogen (secondary N) is 2. The summed E-state index contributed by atoms with van der Waals surface area (Å²) in [5, 5.41) is 6.68. The lowest BCUT2D eigenvalue weighted by atomic mass is 10.0. The van der Waals surface area contributed by atoms with Gasteiger partial charge in [0.05, 0.1) is 0 Å². The molecule has 1 aromatic rings. The first-order chi connectivity index (χ1) is 11.7. The van der Waals surface area contributed by atoms with Gasteiger partial charge < -0.3 is 20.4 Å². The number of likely N-dealkylation sites (N-methyl/N-ethyl adjacent to an activating group) is 1. The molecule has 0 aliphatic rings. The number of carbonyl (C=O) groups is 1. The lowest BCUT2D eigenvalue weighted by Crippen LogP contribution is -2.51. The Labute approximate surface area is 175 Å². The second-order valence-electron chi connectivity index (χ2n) is 7.21. The lowest BCUT2D eigenvalue weighted by Gasteiger charge is -2.33. The zero-order valence-electron chi connectivity index (χ0n) is 17.1. The predicted octanol–water partition coefficient (Wildman–Crippen LogP) is 2.05. The molecule has 0 spiro atoms. The topological polar surface area (TPSA) is 60.0 Å². The van der Waals surface area contributed by atoms with Gasteiger partial charge in [-0.3, -0.25) is 9.79 Å². The highest BCUT2D eigenvalue weighted by Crippen LogP contribution is 2.08. The number of hydrogen-bond acceptors (Lipinski definition) is 3. The third-order valence-electron chi connectivity index (χ3n) is 4.41. The van der Waals surface area contributed by atoms with Crippen molar-refractivity contribution in [1.82, 2.24) is 20.4 Å². The van der Waals surface area contributed by atoms with E-state index in [0.717, 1.165) is 36.6 Å². The van der Waals surface area contributed by atoms with Crippen molar-refractivity contribution in [2.45, 2.75) is 25.8 Å². The first-order valence-electron chi connectivity index (χ1n) is 8.60. The van der Waals surface area contributed by atoms with Gasteiger partial charge in [0.25, 0.3) is 5.91 Å². The fraction of sp³-hybridized carbons (Fsp3) is 0.579. The fourth-order valence-corrected chi connectivity index (χ4v) is 2.12. The Balaban J connectivity index is 0.00000625. The van der Waals surface area contributed by atoms with Crippen LogP contribution in [-0.2, 0) is 6.42 Å². The van der Waals surface area contributed by atoms with Crippen LogP contribution < -0.4 is 10.6 Å². The van der Waals surface area contributed by atoms with Crippen LogP contribution in [0.2, 0.25) is 0 Å². The molecule has 6 nitrogen and oxygen atoms in total. The molecular formula is C19H34IN5O. The summed E-state index contributed by atoms with van der Waals surface area (Å²) in [4.78, 5) is 20.1. The van der Waals surface area contributed by atoms with Crippen LogP contribution in [0.4, 0.5) is 0 Å². The summed E-state index contributed by atoms with van der Waals surface area (Å²) in [7, 11) is 9.44. The summed E-state index contributed by atoms with van der Waals surface area (Å²) in [6, 6.07) is 7.77. The number of benzene rings is 1. The molecule has 0 saturated carbocycles. The van der Waals surface area contributed by atoms with Crippen molar-refractivity contribution in [3.05, 3.63) is 35.4 Å². The molecule has 1 amide bonds. The Bertz CT molecular complexity index is 599. The zero-order chi connectivity index (χ0) is 19.0. The number of aliphatic imine (C=N–C) groups is 1. The van der Waals surface area contributed by atoms with E-state index in [2.05, 4.69) is 48.5 Å². The summed E-state index contributed by atoms with van der Waals surface area (Å²) in [5.41, 5.74) is 1.89. The third kappa shape index (κ3) is 7.90. The van der Waals surface area contributed by atoms with Crippen molar-refractivity contribution in [2.75, 3.05) is 48.3 Å². The predicted molar refractivity (Wildman–Crippen MR) is 121 cm³/mol. The Kier molecular flexibility index (Phi) is 10.8. The van der Waals surface area contributed by atoms with Gasteiger partial charge in [-0.25, -0.2) is 0 Å². The van der Waals surface area contributed by atoms with Crippen LogP contribution in [0.3, 0.4) is 0 Å². The van der Waals surface area contributed by atoms with Gasteiger partial charge in [-0.2, -0.15) is 0 Å². The van der Waals surface area contributed by atoms with Gasteiger partial charge in [0.15, 0.2) is 5.96 Å². The van der Waals surface area contributed by atoms with Gasteiger partial charge in [-0.05, 0) is 52.1 Å². The normalized spacial score (nSPS) is 11.8. The van der Waals surface area contributed by atoms with Crippen LogP contribution >= 0.6 is 24.0 Å². The van der Waals surface area contributed by atoms with Crippen LogP contribution in [0.15, 0.2) is 29.3 Å². The van der Waals surface area contributed by atoms with E-state index >= 15 is 0 Å². The molecule has 0 saturated heterocycles. The number of hydrogen-bond donors (Lipinski definition) is 2. The molecule has 0 aliphatic heterocycles. The molecule has 1 aromatic carbocycles. The van der Waals surface area contributed by atoms with Crippen molar-refractivity contribution in [3.8, 4) is 0 Å². The maximum absolute atomic E-state index is 12.0. The van der Waals surface area contributed by atoms with Crippen molar-refractivity contribution < 1.29 is 4.79 Å². The summed E-state index contributed by atoms with van der Waals surface area (Å²) in [6.07, 6.45) is 0.826. The van der Waals surface area contributed by atoms with Gasteiger partial charge in [0.2, 0.25) is 0 Å². The summed E-state index contributed by atoms with van der Waals surface area (Å²) < 4.78 is 0. The van der Waals surface area contributed by atoms with Gasteiger partial charge in [0.1, 0.15) is 0 Å². The van der Waals surface area contributed by atoms with Crippen molar-refractivity contribution in [3.63, 3.8) is 0 Å². The van der Waals surface area contributed by atoms with Crippen LogP contribution in [0.25, 0.3) is 0 Å². The van der Waals surface area contributed by atoms with E-state index in [1.807, 2.05) is 24.3 Å². The molecule has 0 fully saturated rings. The Hall–Kier alpha value is -1.35. The summed E-state index contributed by atoms with van der Waals surface area (Å²) >= 11 is 0. The first-order valence-corrected chi connectivity index (χ1v) is 8.60. The maximum Gasteiger partial charge on any atom is 0.253 e. The number of guanidine groups is 1. The number of rotatable bonds is 7. The molecule has 148 valence electrons. The molecule has 0 aliphatic carbocycles. The number of amides is 1. The van der Waals surface area contributed by atoms with Crippen LogP contribution in [0.1, 0.15) is 29.8 Å². The second-order valence-corrected chi connectivity index (χ2v) is 7.21. The number of carbonyl (C=O) groups excluding carboxylic acids is 1. The minimum atomic E-state index is 0. The van der Waals surface area contributed by atoms with E-state index in [-0.39, 0.29) is 35.4 Å². The van der Waals surface area contributed by atoms with Crippen molar-refractivity contribution in [1.29, 1.82) is 0 Å². The average molecular weight is 475 g/mol. The van der Waals surface area contributed by atoms with Gasteiger partial charge >= 0.3 is 0 Å². The molecule has 2 N–H and O–H groups in total. The third-order valence-corrected chi connectivity index (χ3v) is 4.41. The standard InChI is InChI=1S/C19H33N5O.HI/c1-19(2,24(6)7)14-22-18(20-3)21-12-11-15-9-8-10-16(13-15)17(25)23(4)5;/h8-10,13H,11-12,14H2,1-7H3,(H2,20,21,22);1H. The number of nitrogens with zero attached hydrogens (tertiary/aromatic N) is 3. The van der Waals surface area contributed by atoms with Gasteiger partial charge in [-0.15, -0.1) is 24.0 Å². The quantitative estimate of drug-likeness (QED) is 0.360. The van der Waals surface area contributed by atoms with E-state index in [1.54, 1.807) is 26.0 Å². The first kappa shape index (κ1) is 24.7. The Morgan fingerprint density at radius 2 is 1.81 bits per heavy atom. The van der Waals surface area contributed by atoms with E-state index in [4.69, 9.17) is 0 Å². The van der Waals surface area contributed by atoms with E-state index in [1.165, 1.54) is 0 Å². The SMILES string of the molecule is CN=C(NCCc1cccc(C(=O)N(C)C)c1)NCC(C)(C)N(C)C.I.